The molecule has 1 amide bonds. The van der Waals surface area contributed by atoms with E-state index in [1.54, 1.807) is 19.2 Å². The molecule has 0 saturated carbocycles. The Morgan fingerprint density at radius 1 is 1.22 bits per heavy atom. The van der Waals surface area contributed by atoms with Crippen LogP contribution in [0.2, 0.25) is 0 Å². The van der Waals surface area contributed by atoms with Gasteiger partial charge in [0.25, 0.3) is 5.91 Å². The number of alkyl halides is 3. The smallest absolute Gasteiger partial charge is 0.416 e. The quantitative estimate of drug-likeness (QED) is 0.651. The average Bonchev–Trinajstić information content (AvgIpc) is 3.33. The van der Waals surface area contributed by atoms with Crippen LogP contribution in [-0.2, 0) is 15.8 Å². The molecule has 0 aliphatic carbocycles. The van der Waals surface area contributed by atoms with Gasteiger partial charge in [-0.3, -0.25) is 9.59 Å². The van der Waals surface area contributed by atoms with E-state index < -0.39 is 47.1 Å². The lowest BCUT2D eigenvalue weighted by Crippen LogP contribution is -2.54. The number of carboxylic acids is 2. The standard InChI is InChI=1S/C21H21F3N2O5S/c1-11(2)9-20(19(30)31)10-14(18(28)29)15(16-25-7-8-32-16)26(20)17(27)12-3-5-13(6-4-12)21(22,23)24/h3-8,11,14-15H,9-10H2,1-2H3,(H,28,29)(H,30,31). The zero-order valence-corrected chi connectivity index (χ0v) is 18.0. The Hall–Kier alpha value is -2.95. The molecule has 11 heteroatoms. The minimum absolute atomic E-state index is 0.0274. The zero-order valence-electron chi connectivity index (χ0n) is 17.2. The lowest BCUT2D eigenvalue weighted by atomic mass is 9.83. The molecule has 1 saturated heterocycles. The molecule has 3 unspecified atom stereocenters. The molecule has 2 heterocycles. The molecule has 1 aromatic carbocycles. The van der Waals surface area contributed by atoms with Gasteiger partial charge in [0.05, 0.1) is 17.5 Å². The van der Waals surface area contributed by atoms with E-state index in [-0.39, 0.29) is 29.3 Å². The van der Waals surface area contributed by atoms with Gasteiger partial charge >= 0.3 is 18.1 Å². The Kier molecular flexibility index (Phi) is 6.32. The molecule has 1 aromatic heterocycles. The van der Waals surface area contributed by atoms with E-state index in [1.165, 1.54) is 6.20 Å². The average molecular weight is 470 g/mol. The summed E-state index contributed by atoms with van der Waals surface area (Å²) in [6.07, 6.45) is -3.55. The van der Waals surface area contributed by atoms with Crippen molar-refractivity contribution in [1.29, 1.82) is 0 Å². The van der Waals surface area contributed by atoms with Crippen molar-refractivity contribution in [2.45, 2.75) is 44.4 Å². The maximum absolute atomic E-state index is 13.5. The minimum Gasteiger partial charge on any atom is -0.481 e. The van der Waals surface area contributed by atoms with Gasteiger partial charge in [-0.05, 0) is 43.0 Å². The van der Waals surface area contributed by atoms with Gasteiger partial charge in [0.1, 0.15) is 10.5 Å². The van der Waals surface area contributed by atoms with E-state index in [4.69, 9.17) is 0 Å². The molecule has 32 heavy (non-hydrogen) atoms. The predicted molar refractivity (Wildman–Crippen MR) is 108 cm³/mol. The summed E-state index contributed by atoms with van der Waals surface area (Å²) < 4.78 is 38.8. The first-order valence-corrected chi connectivity index (χ1v) is 10.6. The van der Waals surface area contributed by atoms with Gasteiger partial charge in [-0.25, -0.2) is 9.78 Å². The van der Waals surface area contributed by atoms with Crippen molar-refractivity contribution in [2.75, 3.05) is 0 Å². The number of benzene rings is 1. The molecule has 1 aliphatic heterocycles. The fourth-order valence-corrected chi connectivity index (χ4v) is 5.09. The Morgan fingerprint density at radius 3 is 2.28 bits per heavy atom. The molecule has 0 spiro atoms. The van der Waals surface area contributed by atoms with Crippen molar-refractivity contribution in [3.05, 3.63) is 52.0 Å². The van der Waals surface area contributed by atoms with Gasteiger partial charge in [-0.15, -0.1) is 11.3 Å². The molecule has 7 nitrogen and oxygen atoms in total. The summed E-state index contributed by atoms with van der Waals surface area (Å²) >= 11 is 1.08. The maximum Gasteiger partial charge on any atom is 0.416 e. The second-order valence-electron chi connectivity index (χ2n) is 8.15. The molecule has 172 valence electrons. The van der Waals surface area contributed by atoms with Crippen molar-refractivity contribution < 1.29 is 37.8 Å². The highest BCUT2D eigenvalue weighted by Crippen LogP contribution is 2.51. The van der Waals surface area contributed by atoms with Crippen LogP contribution in [0.3, 0.4) is 0 Å². The van der Waals surface area contributed by atoms with Gasteiger partial charge in [0, 0.05) is 17.1 Å². The largest absolute Gasteiger partial charge is 0.481 e. The lowest BCUT2D eigenvalue weighted by Gasteiger charge is -2.38. The highest BCUT2D eigenvalue weighted by atomic mass is 32.1. The number of likely N-dealkylation sites (tertiary alicyclic amines) is 1. The van der Waals surface area contributed by atoms with Gasteiger partial charge < -0.3 is 15.1 Å². The fourth-order valence-electron chi connectivity index (χ4n) is 4.30. The Bertz CT molecular complexity index is 1010. The number of carboxylic acid groups (broad SMARTS) is 2. The van der Waals surface area contributed by atoms with Crippen molar-refractivity contribution in [3.8, 4) is 0 Å². The number of rotatable bonds is 6. The summed E-state index contributed by atoms with van der Waals surface area (Å²) in [5.41, 5.74) is -2.98. The number of nitrogens with zero attached hydrogens (tertiary/aromatic N) is 2. The van der Waals surface area contributed by atoms with Crippen LogP contribution in [0.4, 0.5) is 13.2 Å². The van der Waals surface area contributed by atoms with E-state index in [0.717, 1.165) is 40.5 Å². The van der Waals surface area contributed by atoms with Crippen LogP contribution in [-0.4, -0.2) is 43.5 Å². The number of aliphatic carboxylic acids is 2. The number of amides is 1. The van der Waals surface area contributed by atoms with Crippen LogP contribution in [0.15, 0.2) is 35.8 Å². The third-order valence-corrected chi connectivity index (χ3v) is 6.37. The maximum atomic E-state index is 13.5. The monoisotopic (exact) mass is 470 g/mol. The number of hydrogen-bond acceptors (Lipinski definition) is 5. The molecular formula is C21H21F3N2O5S. The van der Waals surface area contributed by atoms with Crippen LogP contribution < -0.4 is 0 Å². The first-order valence-electron chi connectivity index (χ1n) is 9.75. The molecule has 1 aliphatic rings. The van der Waals surface area contributed by atoms with Gasteiger partial charge in [-0.1, -0.05) is 13.8 Å². The molecule has 0 radical (unpaired) electrons. The van der Waals surface area contributed by atoms with Gasteiger partial charge in [0.15, 0.2) is 0 Å². The number of halogens is 3. The van der Waals surface area contributed by atoms with E-state index in [0.29, 0.717) is 0 Å². The van der Waals surface area contributed by atoms with Crippen molar-refractivity contribution in [1.82, 2.24) is 9.88 Å². The van der Waals surface area contributed by atoms with Crippen molar-refractivity contribution in [2.24, 2.45) is 11.8 Å². The van der Waals surface area contributed by atoms with Crippen LogP contribution in [0.5, 0.6) is 0 Å². The molecule has 3 atom stereocenters. The van der Waals surface area contributed by atoms with Gasteiger partial charge in [0.2, 0.25) is 0 Å². The summed E-state index contributed by atoms with van der Waals surface area (Å²) in [5, 5.41) is 21.9. The van der Waals surface area contributed by atoms with E-state index >= 15 is 0 Å². The summed E-state index contributed by atoms with van der Waals surface area (Å²) in [7, 11) is 0. The SMILES string of the molecule is CC(C)CC1(C(=O)O)CC(C(=O)O)C(c2nccs2)N1C(=O)c1ccc(C(F)(F)F)cc1. The molecule has 3 rings (SSSR count). The Morgan fingerprint density at radius 2 is 1.84 bits per heavy atom. The summed E-state index contributed by atoms with van der Waals surface area (Å²) in [6.45, 7) is 3.50. The lowest BCUT2D eigenvalue weighted by molar-refractivity contribution is -0.150. The van der Waals surface area contributed by atoms with E-state index in [2.05, 4.69) is 4.98 Å². The summed E-state index contributed by atoms with van der Waals surface area (Å²) in [6, 6.07) is 2.25. The number of thiazole rings is 1. The van der Waals surface area contributed by atoms with Crippen LogP contribution in [0.1, 0.15) is 53.7 Å². The summed E-state index contributed by atoms with van der Waals surface area (Å²) in [5.74, 6) is -4.95. The number of hydrogen-bond donors (Lipinski definition) is 2. The Labute approximate surface area is 185 Å². The molecule has 1 fully saturated rings. The normalized spacial score (nSPS) is 23.5. The molecular weight excluding hydrogens is 449 g/mol. The molecule has 0 bridgehead atoms. The summed E-state index contributed by atoms with van der Waals surface area (Å²) in [4.78, 5) is 43.3. The highest BCUT2D eigenvalue weighted by molar-refractivity contribution is 7.09. The van der Waals surface area contributed by atoms with Crippen molar-refractivity contribution >= 4 is 29.2 Å². The number of carbonyl (C=O) groups is 3. The first-order chi connectivity index (χ1) is 14.9. The van der Waals surface area contributed by atoms with Crippen molar-refractivity contribution in [3.63, 3.8) is 0 Å². The molecule has 2 aromatic rings. The minimum atomic E-state index is -4.60. The number of carbonyl (C=O) groups excluding carboxylic acids is 1. The topological polar surface area (TPSA) is 108 Å². The zero-order chi connectivity index (χ0) is 23.8. The second-order valence-corrected chi connectivity index (χ2v) is 9.08. The third kappa shape index (κ3) is 4.21. The van der Waals surface area contributed by atoms with Crippen LogP contribution in [0, 0.1) is 11.8 Å². The highest BCUT2D eigenvalue weighted by Gasteiger charge is 2.61. The molecule has 2 N–H and O–H groups in total. The first kappa shape index (κ1) is 23.7. The fraction of sp³-hybridized carbons (Fsp3) is 0.429. The van der Waals surface area contributed by atoms with Crippen LogP contribution >= 0.6 is 11.3 Å². The number of aromatic nitrogens is 1. The second kappa shape index (κ2) is 8.53. The predicted octanol–water partition coefficient (Wildman–Crippen LogP) is 4.32. The third-order valence-electron chi connectivity index (χ3n) is 5.52. The van der Waals surface area contributed by atoms with E-state index in [1.807, 2.05) is 0 Å². The van der Waals surface area contributed by atoms with Gasteiger partial charge in [-0.2, -0.15) is 13.2 Å². The van der Waals surface area contributed by atoms with E-state index in [9.17, 15) is 37.8 Å². The van der Waals surface area contributed by atoms with Crippen LogP contribution in [0.25, 0.3) is 0 Å². The Balaban J connectivity index is 2.17.